The fourth-order valence-electron chi connectivity index (χ4n) is 3.14. The summed E-state index contributed by atoms with van der Waals surface area (Å²) >= 11 is 0. The lowest BCUT2D eigenvalue weighted by Crippen LogP contribution is -2.07. The van der Waals surface area contributed by atoms with Crippen LogP contribution in [-0.2, 0) is 0 Å². The molecule has 1 unspecified atom stereocenters. The summed E-state index contributed by atoms with van der Waals surface area (Å²) in [5, 5.41) is 10.7. The Kier molecular flexibility index (Phi) is 2.91. The zero-order valence-corrected chi connectivity index (χ0v) is 11.9. The molecule has 1 atom stereocenters. The molecule has 3 aromatic carbocycles. The molecule has 0 aliphatic heterocycles. The van der Waals surface area contributed by atoms with Gasteiger partial charge in [0.2, 0.25) is 0 Å². The van der Waals surface area contributed by atoms with Gasteiger partial charge in [-0.1, -0.05) is 72.8 Å². The zero-order chi connectivity index (χ0) is 15.1. The lowest BCUT2D eigenvalue weighted by atomic mass is 9.93. The van der Waals surface area contributed by atoms with E-state index in [2.05, 4.69) is 0 Å². The maximum absolute atomic E-state index is 12.7. The van der Waals surface area contributed by atoms with Gasteiger partial charge in [-0.25, -0.2) is 0 Å². The molecule has 106 valence electrons. The van der Waals surface area contributed by atoms with Crippen molar-refractivity contribution in [2.24, 2.45) is 0 Å². The fourth-order valence-corrected chi connectivity index (χ4v) is 3.14. The Morgan fingerprint density at radius 1 is 0.682 bits per heavy atom. The SMILES string of the molecule is O=C1c2ccccc2-c2cccc(C(O)c3ccccc3)c21. The molecular weight excluding hydrogens is 272 g/mol. The molecule has 0 aromatic heterocycles. The summed E-state index contributed by atoms with van der Waals surface area (Å²) in [4.78, 5) is 12.7. The van der Waals surface area contributed by atoms with Crippen molar-refractivity contribution < 1.29 is 9.90 Å². The van der Waals surface area contributed by atoms with Crippen LogP contribution < -0.4 is 0 Å². The van der Waals surface area contributed by atoms with Gasteiger partial charge in [-0.3, -0.25) is 4.79 Å². The summed E-state index contributed by atoms with van der Waals surface area (Å²) in [7, 11) is 0. The molecule has 0 bridgehead atoms. The second-order valence-corrected chi connectivity index (χ2v) is 5.46. The van der Waals surface area contributed by atoms with Gasteiger partial charge < -0.3 is 5.11 Å². The fraction of sp³-hybridized carbons (Fsp3) is 0.0500. The maximum Gasteiger partial charge on any atom is 0.194 e. The summed E-state index contributed by atoms with van der Waals surface area (Å²) in [5.41, 5.74) is 4.66. The lowest BCUT2D eigenvalue weighted by molar-refractivity contribution is 0.103. The predicted octanol–water partition coefficient (Wildman–Crippen LogP) is 3.98. The van der Waals surface area contributed by atoms with Crippen LogP contribution in [-0.4, -0.2) is 10.9 Å². The van der Waals surface area contributed by atoms with Gasteiger partial charge in [0.25, 0.3) is 0 Å². The molecule has 0 saturated heterocycles. The van der Waals surface area contributed by atoms with Gasteiger partial charge in [0, 0.05) is 11.1 Å². The van der Waals surface area contributed by atoms with E-state index in [1.54, 1.807) is 0 Å². The number of carbonyl (C=O) groups is 1. The molecule has 1 aliphatic carbocycles. The van der Waals surface area contributed by atoms with Crippen LogP contribution in [0.3, 0.4) is 0 Å². The number of aliphatic hydroxyl groups excluding tert-OH is 1. The second-order valence-electron chi connectivity index (χ2n) is 5.46. The molecule has 3 aromatic rings. The number of carbonyl (C=O) groups excluding carboxylic acids is 1. The molecule has 22 heavy (non-hydrogen) atoms. The van der Waals surface area contributed by atoms with Gasteiger partial charge in [-0.2, -0.15) is 0 Å². The Morgan fingerprint density at radius 2 is 1.32 bits per heavy atom. The largest absolute Gasteiger partial charge is 0.384 e. The number of hydrogen-bond acceptors (Lipinski definition) is 2. The Morgan fingerprint density at radius 3 is 2.09 bits per heavy atom. The van der Waals surface area contributed by atoms with Crippen LogP contribution >= 0.6 is 0 Å². The Labute approximate surface area is 128 Å². The molecule has 0 heterocycles. The van der Waals surface area contributed by atoms with E-state index in [4.69, 9.17) is 0 Å². The molecule has 4 rings (SSSR count). The van der Waals surface area contributed by atoms with Gasteiger partial charge in [-0.15, -0.1) is 0 Å². The molecule has 0 fully saturated rings. The Bertz CT molecular complexity index is 866. The van der Waals surface area contributed by atoms with E-state index < -0.39 is 6.10 Å². The van der Waals surface area contributed by atoms with Gasteiger partial charge in [0.1, 0.15) is 6.10 Å². The molecule has 2 nitrogen and oxygen atoms in total. The first-order valence-corrected chi connectivity index (χ1v) is 7.27. The maximum atomic E-state index is 12.7. The van der Waals surface area contributed by atoms with Gasteiger partial charge in [0.15, 0.2) is 5.78 Å². The number of fused-ring (bicyclic) bond motifs is 3. The van der Waals surface area contributed by atoms with Crippen molar-refractivity contribution in [3.05, 3.63) is 95.1 Å². The molecule has 2 heteroatoms. The topological polar surface area (TPSA) is 37.3 Å². The van der Waals surface area contributed by atoms with Crippen molar-refractivity contribution in [2.45, 2.75) is 6.10 Å². The normalized spacial score (nSPS) is 13.6. The average molecular weight is 286 g/mol. The monoisotopic (exact) mass is 286 g/mol. The molecule has 1 aliphatic rings. The van der Waals surface area contributed by atoms with E-state index in [1.807, 2.05) is 72.8 Å². The van der Waals surface area contributed by atoms with Crippen LogP contribution in [0, 0.1) is 0 Å². The van der Waals surface area contributed by atoms with Crippen LogP contribution in [0.5, 0.6) is 0 Å². The summed E-state index contributed by atoms with van der Waals surface area (Å²) in [6.45, 7) is 0. The molecule has 0 spiro atoms. The highest BCUT2D eigenvalue weighted by Gasteiger charge is 2.30. The van der Waals surface area contributed by atoms with Crippen molar-refractivity contribution in [1.29, 1.82) is 0 Å². The van der Waals surface area contributed by atoms with Crippen LogP contribution in [0.25, 0.3) is 11.1 Å². The minimum atomic E-state index is -0.797. The minimum absolute atomic E-state index is 0.00354. The number of hydrogen-bond donors (Lipinski definition) is 1. The molecule has 0 saturated carbocycles. The van der Waals surface area contributed by atoms with Crippen LogP contribution in [0.1, 0.15) is 33.2 Å². The van der Waals surface area contributed by atoms with Gasteiger partial charge in [-0.05, 0) is 22.3 Å². The number of benzene rings is 3. The molecular formula is C20H14O2. The highest BCUT2D eigenvalue weighted by Crippen LogP contribution is 2.40. The van der Waals surface area contributed by atoms with E-state index in [0.717, 1.165) is 16.7 Å². The smallest absolute Gasteiger partial charge is 0.194 e. The van der Waals surface area contributed by atoms with Crippen molar-refractivity contribution in [2.75, 3.05) is 0 Å². The Balaban J connectivity index is 1.90. The second kappa shape index (κ2) is 4.93. The highest BCUT2D eigenvalue weighted by atomic mass is 16.3. The minimum Gasteiger partial charge on any atom is -0.384 e. The standard InChI is InChI=1S/C20H14O2/c21-19(13-7-2-1-3-8-13)17-12-6-11-15-14-9-4-5-10-16(14)20(22)18(15)17/h1-12,19,21H. The van der Waals surface area contributed by atoms with E-state index in [1.165, 1.54) is 0 Å². The molecule has 1 N–H and O–H groups in total. The first kappa shape index (κ1) is 13.0. The van der Waals surface area contributed by atoms with Gasteiger partial charge >= 0.3 is 0 Å². The third-order valence-corrected chi connectivity index (χ3v) is 4.20. The van der Waals surface area contributed by atoms with E-state index >= 15 is 0 Å². The molecule has 0 radical (unpaired) electrons. The summed E-state index contributed by atoms with van der Waals surface area (Å²) in [6, 6.07) is 22.7. The third-order valence-electron chi connectivity index (χ3n) is 4.20. The van der Waals surface area contributed by atoms with Crippen LogP contribution in [0.15, 0.2) is 72.8 Å². The summed E-state index contributed by atoms with van der Waals surface area (Å²) in [5.74, 6) is -0.00354. The Hall–Kier alpha value is -2.71. The van der Waals surface area contributed by atoms with Crippen molar-refractivity contribution >= 4 is 5.78 Å². The third kappa shape index (κ3) is 1.81. The van der Waals surface area contributed by atoms with Crippen molar-refractivity contribution in [3.8, 4) is 11.1 Å². The highest BCUT2D eigenvalue weighted by molar-refractivity contribution is 6.22. The predicted molar refractivity (Wildman–Crippen MR) is 85.8 cm³/mol. The van der Waals surface area contributed by atoms with Crippen LogP contribution in [0.2, 0.25) is 0 Å². The molecule has 0 amide bonds. The van der Waals surface area contributed by atoms with Crippen molar-refractivity contribution in [3.63, 3.8) is 0 Å². The summed E-state index contributed by atoms with van der Waals surface area (Å²) < 4.78 is 0. The quantitative estimate of drug-likeness (QED) is 0.605. The summed E-state index contributed by atoms with van der Waals surface area (Å²) in [6.07, 6.45) is -0.797. The first-order valence-electron chi connectivity index (χ1n) is 7.27. The van der Waals surface area contributed by atoms with E-state index in [-0.39, 0.29) is 5.78 Å². The van der Waals surface area contributed by atoms with Gasteiger partial charge in [0.05, 0.1) is 0 Å². The number of aliphatic hydroxyl groups is 1. The van der Waals surface area contributed by atoms with Crippen molar-refractivity contribution in [1.82, 2.24) is 0 Å². The first-order chi connectivity index (χ1) is 10.8. The number of rotatable bonds is 2. The van der Waals surface area contributed by atoms with E-state index in [0.29, 0.717) is 16.7 Å². The average Bonchev–Trinajstić information content (AvgIpc) is 2.89. The lowest BCUT2D eigenvalue weighted by Gasteiger charge is -2.15. The van der Waals surface area contributed by atoms with Crippen LogP contribution in [0.4, 0.5) is 0 Å². The zero-order valence-electron chi connectivity index (χ0n) is 11.9. The number of ketones is 1. The van der Waals surface area contributed by atoms with E-state index in [9.17, 15) is 9.90 Å².